The summed E-state index contributed by atoms with van der Waals surface area (Å²) in [7, 11) is 0. The van der Waals surface area contributed by atoms with Gasteiger partial charge in [0.2, 0.25) is 0 Å². The molecular weight excluding hydrogens is 172 g/mol. The third-order valence-electron chi connectivity index (χ3n) is 2.37. The lowest BCUT2D eigenvalue weighted by molar-refractivity contribution is 0.170. The van der Waals surface area contributed by atoms with Gasteiger partial charge in [0.15, 0.2) is 11.6 Å². The maximum absolute atomic E-state index is 13.1. The van der Waals surface area contributed by atoms with Crippen LogP contribution in [0.15, 0.2) is 18.2 Å². The fraction of sp³-hybridized carbons (Fsp3) is 0.400. The molecule has 13 heavy (non-hydrogen) atoms. The maximum atomic E-state index is 13.1. The summed E-state index contributed by atoms with van der Waals surface area (Å²) < 4.78 is 25.9. The van der Waals surface area contributed by atoms with Crippen molar-refractivity contribution in [3.05, 3.63) is 35.4 Å². The first-order valence-electron chi connectivity index (χ1n) is 4.42. The second-order valence-electron chi connectivity index (χ2n) is 3.34. The van der Waals surface area contributed by atoms with Crippen molar-refractivity contribution in [2.75, 3.05) is 13.1 Å². The molecule has 1 nitrogen and oxygen atoms in total. The topological polar surface area (TPSA) is 3.24 Å². The summed E-state index contributed by atoms with van der Waals surface area (Å²) in [5.74, 6) is -1.45. The highest BCUT2D eigenvalue weighted by molar-refractivity contribution is 5.19. The van der Waals surface area contributed by atoms with Crippen LogP contribution in [0.2, 0.25) is 0 Å². The van der Waals surface area contributed by atoms with Crippen molar-refractivity contribution in [3.8, 4) is 0 Å². The molecule has 0 saturated carbocycles. The normalized spacial score (nSPS) is 17.1. The molecule has 0 aromatic heterocycles. The maximum Gasteiger partial charge on any atom is 0.163 e. The van der Waals surface area contributed by atoms with Gasteiger partial charge in [-0.05, 0) is 25.6 Å². The number of hydrogen-bond donors (Lipinski definition) is 0. The lowest BCUT2D eigenvalue weighted by Gasteiger charge is -2.30. The first-order chi connectivity index (χ1) is 6.27. The van der Waals surface area contributed by atoms with Crippen LogP contribution in [0.5, 0.6) is 0 Å². The molecule has 1 aliphatic rings. The zero-order valence-electron chi connectivity index (χ0n) is 7.26. The van der Waals surface area contributed by atoms with E-state index in [9.17, 15) is 8.78 Å². The Morgan fingerprint density at radius 3 is 2.62 bits per heavy atom. The first-order valence-corrected chi connectivity index (χ1v) is 4.42. The van der Waals surface area contributed by atoms with E-state index in [1.54, 1.807) is 12.1 Å². The Kier molecular flexibility index (Phi) is 2.27. The molecule has 2 rings (SSSR count). The number of rotatable bonds is 2. The Hall–Kier alpha value is -0.960. The Labute approximate surface area is 76.0 Å². The lowest BCUT2D eigenvalue weighted by atomic mass is 10.1. The van der Waals surface area contributed by atoms with E-state index < -0.39 is 11.6 Å². The molecule has 0 atom stereocenters. The fourth-order valence-corrected chi connectivity index (χ4v) is 1.45. The predicted octanol–water partition coefficient (Wildman–Crippen LogP) is 2.17. The molecule has 1 aliphatic heterocycles. The molecule has 3 heteroatoms. The van der Waals surface area contributed by atoms with Gasteiger partial charge in [0.1, 0.15) is 0 Å². The lowest BCUT2D eigenvalue weighted by Crippen LogP contribution is -2.36. The molecule has 70 valence electrons. The summed E-state index contributed by atoms with van der Waals surface area (Å²) in [6.07, 6.45) is 1.16. The van der Waals surface area contributed by atoms with Crippen LogP contribution < -0.4 is 0 Å². The largest absolute Gasteiger partial charge is 0.299 e. The molecule has 1 heterocycles. The van der Waals surface area contributed by atoms with E-state index in [0.29, 0.717) is 12.1 Å². The second kappa shape index (κ2) is 3.42. The van der Waals surface area contributed by atoms with Crippen LogP contribution in [0.3, 0.4) is 0 Å². The quantitative estimate of drug-likeness (QED) is 0.679. The zero-order valence-corrected chi connectivity index (χ0v) is 7.26. The minimum Gasteiger partial charge on any atom is -0.299 e. The van der Waals surface area contributed by atoms with Gasteiger partial charge in [-0.2, -0.15) is 0 Å². The van der Waals surface area contributed by atoms with Gasteiger partial charge in [-0.3, -0.25) is 4.90 Å². The summed E-state index contributed by atoms with van der Waals surface area (Å²) in [5, 5.41) is 0. The number of halogens is 2. The van der Waals surface area contributed by atoms with Crippen molar-refractivity contribution < 1.29 is 8.78 Å². The van der Waals surface area contributed by atoms with Crippen LogP contribution >= 0.6 is 0 Å². The van der Waals surface area contributed by atoms with Crippen molar-refractivity contribution in [3.63, 3.8) is 0 Å². The third-order valence-corrected chi connectivity index (χ3v) is 2.37. The summed E-state index contributed by atoms with van der Waals surface area (Å²) in [4.78, 5) is 2.10. The van der Waals surface area contributed by atoms with Crippen LogP contribution in [-0.4, -0.2) is 18.0 Å². The van der Waals surface area contributed by atoms with Crippen molar-refractivity contribution in [1.82, 2.24) is 4.90 Å². The van der Waals surface area contributed by atoms with Gasteiger partial charge in [0, 0.05) is 12.1 Å². The van der Waals surface area contributed by atoms with Crippen molar-refractivity contribution in [2.24, 2.45) is 0 Å². The minimum absolute atomic E-state index is 0.458. The molecule has 0 amide bonds. The van der Waals surface area contributed by atoms with E-state index >= 15 is 0 Å². The molecule has 1 aromatic carbocycles. The Morgan fingerprint density at radius 2 is 2.00 bits per heavy atom. The van der Waals surface area contributed by atoms with E-state index in [0.717, 1.165) is 25.6 Å². The fourth-order valence-electron chi connectivity index (χ4n) is 1.45. The van der Waals surface area contributed by atoms with Gasteiger partial charge >= 0.3 is 0 Å². The van der Waals surface area contributed by atoms with E-state index in [-0.39, 0.29) is 0 Å². The van der Waals surface area contributed by atoms with Gasteiger partial charge in [0.25, 0.3) is 0 Å². The van der Waals surface area contributed by atoms with Crippen molar-refractivity contribution in [2.45, 2.75) is 13.0 Å². The molecular formula is C10H11F2N. The minimum atomic E-state index is -0.752. The number of nitrogens with zero attached hydrogens (tertiary/aromatic N) is 1. The smallest absolute Gasteiger partial charge is 0.163 e. The molecule has 0 unspecified atom stereocenters. The number of likely N-dealkylation sites (tertiary alicyclic amines) is 1. The average molecular weight is 183 g/mol. The predicted molar refractivity (Wildman–Crippen MR) is 46.3 cm³/mol. The summed E-state index contributed by atoms with van der Waals surface area (Å²) >= 11 is 0. The van der Waals surface area contributed by atoms with Gasteiger partial charge in [-0.1, -0.05) is 12.1 Å². The van der Waals surface area contributed by atoms with Crippen LogP contribution in [0.1, 0.15) is 12.0 Å². The van der Waals surface area contributed by atoms with E-state index in [2.05, 4.69) is 4.90 Å². The SMILES string of the molecule is Fc1cccc(CN2CCC2)c1F. The van der Waals surface area contributed by atoms with Crippen molar-refractivity contribution >= 4 is 0 Å². The average Bonchev–Trinajstić information content (AvgIpc) is 2.04. The van der Waals surface area contributed by atoms with Gasteiger partial charge in [0.05, 0.1) is 0 Å². The number of benzene rings is 1. The molecule has 1 fully saturated rings. The van der Waals surface area contributed by atoms with E-state index in [4.69, 9.17) is 0 Å². The number of hydrogen-bond acceptors (Lipinski definition) is 1. The molecule has 0 aliphatic carbocycles. The highest BCUT2D eigenvalue weighted by Gasteiger charge is 2.16. The molecule has 0 N–H and O–H groups in total. The Morgan fingerprint density at radius 1 is 1.23 bits per heavy atom. The molecule has 1 saturated heterocycles. The molecule has 1 aromatic rings. The first kappa shape index (κ1) is 8.63. The zero-order chi connectivity index (χ0) is 9.26. The van der Waals surface area contributed by atoms with Crippen LogP contribution in [0.4, 0.5) is 8.78 Å². The van der Waals surface area contributed by atoms with Crippen molar-refractivity contribution in [1.29, 1.82) is 0 Å². The van der Waals surface area contributed by atoms with Gasteiger partial charge in [-0.15, -0.1) is 0 Å². The third kappa shape index (κ3) is 1.70. The van der Waals surface area contributed by atoms with Crippen LogP contribution in [-0.2, 0) is 6.54 Å². The van der Waals surface area contributed by atoms with Gasteiger partial charge < -0.3 is 0 Å². The summed E-state index contributed by atoms with van der Waals surface area (Å²) in [5.41, 5.74) is 0.458. The standard InChI is InChI=1S/C10H11F2N/c11-9-4-1-3-8(10(9)12)7-13-5-2-6-13/h1,3-4H,2,5-7H2. The van der Waals surface area contributed by atoms with E-state index in [1.165, 1.54) is 0 Å². The molecule has 0 radical (unpaired) electrons. The van der Waals surface area contributed by atoms with Crippen LogP contribution in [0, 0.1) is 11.6 Å². The van der Waals surface area contributed by atoms with Crippen LogP contribution in [0.25, 0.3) is 0 Å². The van der Waals surface area contributed by atoms with Gasteiger partial charge in [-0.25, -0.2) is 8.78 Å². The summed E-state index contributed by atoms with van der Waals surface area (Å²) in [6, 6.07) is 4.33. The Bertz CT molecular complexity index is 308. The summed E-state index contributed by atoms with van der Waals surface area (Å²) in [6.45, 7) is 2.52. The Balaban J connectivity index is 2.14. The second-order valence-corrected chi connectivity index (χ2v) is 3.34. The molecule has 0 bridgehead atoms. The highest BCUT2D eigenvalue weighted by atomic mass is 19.2. The molecule has 0 spiro atoms. The monoisotopic (exact) mass is 183 g/mol. The highest BCUT2D eigenvalue weighted by Crippen LogP contribution is 2.16. The van der Waals surface area contributed by atoms with E-state index in [1.807, 2.05) is 0 Å².